The second-order valence-electron chi connectivity index (χ2n) is 6.37. The fraction of sp³-hybridized carbons (Fsp3) is 0.556. The third kappa shape index (κ3) is 5.93. The molecule has 5 nitrogen and oxygen atoms in total. The van der Waals surface area contributed by atoms with Crippen molar-refractivity contribution in [2.75, 3.05) is 6.61 Å². The number of benzene rings is 1. The maximum atomic E-state index is 11.8. The van der Waals surface area contributed by atoms with E-state index >= 15 is 0 Å². The molecule has 0 spiro atoms. The number of nitrogens with one attached hydrogen (secondary N) is 2. The van der Waals surface area contributed by atoms with E-state index in [0.717, 1.165) is 31.2 Å². The fourth-order valence-electron chi connectivity index (χ4n) is 2.74. The molecule has 1 aliphatic rings. The smallest absolute Gasteiger partial charge is 0.321 e. The third-order valence-corrected chi connectivity index (χ3v) is 4.09. The lowest BCUT2D eigenvalue weighted by Crippen LogP contribution is -2.46. The Bertz CT molecular complexity index is 537. The molecule has 1 aromatic rings. The predicted octanol–water partition coefficient (Wildman–Crippen LogP) is 3.35. The summed E-state index contributed by atoms with van der Waals surface area (Å²) in [6, 6.07) is 7.40. The summed E-state index contributed by atoms with van der Waals surface area (Å²) in [6.07, 6.45) is 5.46. The van der Waals surface area contributed by atoms with Gasteiger partial charge in [0.1, 0.15) is 5.75 Å². The van der Waals surface area contributed by atoms with Crippen LogP contribution in [-0.2, 0) is 4.79 Å². The van der Waals surface area contributed by atoms with Crippen LogP contribution >= 0.6 is 0 Å². The second-order valence-corrected chi connectivity index (χ2v) is 6.37. The molecule has 1 saturated carbocycles. The van der Waals surface area contributed by atoms with Crippen LogP contribution in [0, 0.1) is 0 Å². The normalized spacial score (nSPS) is 15.3. The molecule has 0 radical (unpaired) electrons. The van der Waals surface area contributed by atoms with Crippen LogP contribution in [0.1, 0.15) is 57.4 Å². The summed E-state index contributed by atoms with van der Waals surface area (Å²) in [6.45, 7) is 4.03. The summed E-state index contributed by atoms with van der Waals surface area (Å²) in [7, 11) is 0. The highest BCUT2D eigenvalue weighted by atomic mass is 16.5. The van der Waals surface area contributed by atoms with E-state index in [0.29, 0.717) is 11.7 Å². The van der Waals surface area contributed by atoms with Gasteiger partial charge in [-0.2, -0.15) is 0 Å². The van der Waals surface area contributed by atoms with E-state index < -0.39 is 11.9 Å². The largest absolute Gasteiger partial charge is 0.484 e. The monoisotopic (exact) mass is 318 g/mol. The van der Waals surface area contributed by atoms with Crippen molar-refractivity contribution in [3.05, 3.63) is 29.8 Å². The van der Waals surface area contributed by atoms with E-state index in [2.05, 4.69) is 24.5 Å². The second kappa shape index (κ2) is 8.56. The van der Waals surface area contributed by atoms with Crippen LogP contribution in [0.4, 0.5) is 4.79 Å². The molecule has 0 heterocycles. The Kier molecular flexibility index (Phi) is 6.44. The van der Waals surface area contributed by atoms with Gasteiger partial charge < -0.3 is 10.1 Å². The van der Waals surface area contributed by atoms with E-state index in [4.69, 9.17) is 4.74 Å². The van der Waals surface area contributed by atoms with Gasteiger partial charge >= 0.3 is 6.03 Å². The standard InChI is InChI=1S/C18H26N2O3/c1-13(2)14-7-6-10-16(11-14)23-12-17(21)20-18(22)19-15-8-4-3-5-9-15/h6-7,10-11,13,15H,3-5,8-9,12H2,1-2H3,(H2,19,20,21,22). The highest BCUT2D eigenvalue weighted by Gasteiger charge is 2.17. The minimum atomic E-state index is -0.437. The summed E-state index contributed by atoms with van der Waals surface area (Å²) >= 11 is 0. The van der Waals surface area contributed by atoms with Gasteiger partial charge in [0.05, 0.1) is 0 Å². The average molecular weight is 318 g/mol. The minimum Gasteiger partial charge on any atom is -0.484 e. The molecule has 1 aromatic carbocycles. The number of imide groups is 1. The number of carbonyl (C=O) groups is 2. The first kappa shape index (κ1) is 17.3. The van der Waals surface area contributed by atoms with Gasteiger partial charge in [0.15, 0.2) is 6.61 Å². The topological polar surface area (TPSA) is 67.4 Å². The zero-order chi connectivity index (χ0) is 16.7. The molecular weight excluding hydrogens is 292 g/mol. The molecular formula is C18H26N2O3. The number of urea groups is 1. The minimum absolute atomic E-state index is 0.167. The lowest BCUT2D eigenvalue weighted by molar-refractivity contribution is -0.122. The lowest BCUT2D eigenvalue weighted by atomic mass is 9.96. The highest BCUT2D eigenvalue weighted by molar-refractivity contribution is 5.95. The van der Waals surface area contributed by atoms with Crippen LogP contribution in [0.2, 0.25) is 0 Å². The Morgan fingerprint density at radius 3 is 2.65 bits per heavy atom. The van der Waals surface area contributed by atoms with Crippen LogP contribution in [0.5, 0.6) is 5.75 Å². The Morgan fingerprint density at radius 1 is 1.22 bits per heavy atom. The fourth-order valence-corrected chi connectivity index (χ4v) is 2.74. The summed E-state index contributed by atoms with van der Waals surface area (Å²) in [5, 5.41) is 5.17. The van der Waals surface area contributed by atoms with E-state index in [9.17, 15) is 9.59 Å². The van der Waals surface area contributed by atoms with Crippen molar-refractivity contribution < 1.29 is 14.3 Å². The van der Waals surface area contributed by atoms with Crippen LogP contribution in [-0.4, -0.2) is 24.6 Å². The summed E-state index contributed by atoms with van der Waals surface area (Å²) in [4.78, 5) is 23.6. The summed E-state index contributed by atoms with van der Waals surface area (Å²) < 4.78 is 5.46. The number of hydrogen-bond donors (Lipinski definition) is 2. The van der Waals surface area contributed by atoms with E-state index in [-0.39, 0.29) is 12.6 Å². The maximum absolute atomic E-state index is 11.8. The van der Waals surface area contributed by atoms with E-state index in [1.54, 1.807) is 6.07 Å². The van der Waals surface area contributed by atoms with Gasteiger partial charge in [-0.05, 0) is 36.5 Å². The number of ether oxygens (including phenoxy) is 1. The van der Waals surface area contributed by atoms with Gasteiger partial charge in [-0.3, -0.25) is 10.1 Å². The molecule has 3 amide bonds. The van der Waals surface area contributed by atoms with Crippen molar-refractivity contribution in [3.63, 3.8) is 0 Å². The Labute approximate surface area is 137 Å². The quantitative estimate of drug-likeness (QED) is 0.875. The molecule has 2 N–H and O–H groups in total. The molecule has 0 aromatic heterocycles. The molecule has 0 atom stereocenters. The Balaban J connectivity index is 1.74. The van der Waals surface area contributed by atoms with Crippen molar-refractivity contribution in [2.24, 2.45) is 0 Å². The molecule has 0 aliphatic heterocycles. The Hall–Kier alpha value is -2.04. The summed E-state index contributed by atoms with van der Waals surface area (Å²) in [5.74, 6) is 0.598. The Morgan fingerprint density at radius 2 is 1.96 bits per heavy atom. The zero-order valence-corrected chi connectivity index (χ0v) is 13.9. The number of amides is 3. The molecule has 1 aliphatic carbocycles. The molecule has 5 heteroatoms. The molecule has 126 valence electrons. The first-order chi connectivity index (χ1) is 11.0. The van der Waals surface area contributed by atoms with Gasteiger partial charge in [0, 0.05) is 6.04 Å². The van der Waals surface area contributed by atoms with Crippen molar-refractivity contribution in [2.45, 2.75) is 57.9 Å². The van der Waals surface area contributed by atoms with E-state index in [1.807, 2.05) is 18.2 Å². The van der Waals surface area contributed by atoms with Crippen LogP contribution in [0.15, 0.2) is 24.3 Å². The van der Waals surface area contributed by atoms with Crippen LogP contribution in [0.3, 0.4) is 0 Å². The number of hydrogen-bond acceptors (Lipinski definition) is 3. The van der Waals surface area contributed by atoms with E-state index in [1.165, 1.54) is 6.42 Å². The predicted molar refractivity (Wildman–Crippen MR) is 89.6 cm³/mol. The average Bonchev–Trinajstić information content (AvgIpc) is 2.54. The number of rotatable bonds is 5. The van der Waals surface area contributed by atoms with Crippen molar-refractivity contribution in [1.29, 1.82) is 0 Å². The van der Waals surface area contributed by atoms with Gasteiger partial charge in [-0.1, -0.05) is 45.2 Å². The zero-order valence-electron chi connectivity index (χ0n) is 13.9. The SMILES string of the molecule is CC(C)c1cccc(OCC(=O)NC(=O)NC2CCCCC2)c1. The molecule has 0 saturated heterocycles. The maximum Gasteiger partial charge on any atom is 0.321 e. The van der Waals surface area contributed by atoms with Crippen molar-refractivity contribution in [1.82, 2.24) is 10.6 Å². The summed E-state index contributed by atoms with van der Waals surface area (Å²) in [5.41, 5.74) is 1.15. The van der Waals surface area contributed by atoms with Crippen LogP contribution < -0.4 is 15.4 Å². The van der Waals surface area contributed by atoms with Gasteiger partial charge in [-0.15, -0.1) is 0 Å². The van der Waals surface area contributed by atoms with Gasteiger partial charge in [0.2, 0.25) is 0 Å². The molecule has 23 heavy (non-hydrogen) atoms. The molecule has 0 bridgehead atoms. The van der Waals surface area contributed by atoms with Gasteiger partial charge in [0.25, 0.3) is 5.91 Å². The van der Waals surface area contributed by atoms with Gasteiger partial charge in [-0.25, -0.2) is 4.79 Å². The first-order valence-electron chi connectivity index (χ1n) is 8.37. The first-order valence-corrected chi connectivity index (χ1v) is 8.37. The van der Waals surface area contributed by atoms with Crippen molar-refractivity contribution in [3.8, 4) is 5.75 Å². The van der Waals surface area contributed by atoms with Crippen LogP contribution in [0.25, 0.3) is 0 Å². The van der Waals surface area contributed by atoms with Crippen molar-refractivity contribution >= 4 is 11.9 Å². The highest BCUT2D eigenvalue weighted by Crippen LogP contribution is 2.20. The number of carbonyl (C=O) groups excluding carboxylic acids is 2. The molecule has 1 fully saturated rings. The molecule has 0 unspecified atom stereocenters. The lowest BCUT2D eigenvalue weighted by Gasteiger charge is -2.22. The third-order valence-electron chi connectivity index (χ3n) is 4.09. The molecule has 2 rings (SSSR count).